The van der Waals surface area contributed by atoms with Crippen LogP contribution in [0.2, 0.25) is 0 Å². The first kappa shape index (κ1) is 14.5. The van der Waals surface area contributed by atoms with Gasteiger partial charge in [0, 0.05) is 0 Å². The SMILES string of the molecule is CCNCC(Cc1cccc(F)c1)CC1CCCC1. The molecule has 0 spiro atoms. The fourth-order valence-electron chi connectivity index (χ4n) is 3.30. The van der Waals surface area contributed by atoms with E-state index >= 15 is 0 Å². The number of nitrogens with one attached hydrogen (secondary N) is 1. The molecule has 1 aliphatic carbocycles. The molecule has 1 aromatic carbocycles. The lowest BCUT2D eigenvalue weighted by atomic mass is 9.88. The van der Waals surface area contributed by atoms with Crippen LogP contribution in [-0.4, -0.2) is 13.1 Å². The van der Waals surface area contributed by atoms with Crippen molar-refractivity contribution >= 4 is 0 Å². The Bertz CT molecular complexity index is 371. The van der Waals surface area contributed by atoms with Gasteiger partial charge in [0.25, 0.3) is 0 Å². The van der Waals surface area contributed by atoms with Crippen molar-refractivity contribution in [3.05, 3.63) is 35.6 Å². The molecule has 106 valence electrons. The predicted octanol–water partition coefficient (Wildman–Crippen LogP) is 4.17. The summed E-state index contributed by atoms with van der Waals surface area (Å²) in [4.78, 5) is 0. The molecule has 1 N–H and O–H groups in total. The molecule has 1 aliphatic rings. The maximum atomic E-state index is 13.3. The Morgan fingerprint density at radius 3 is 2.79 bits per heavy atom. The van der Waals surface area contributed by atoms with Crippen LogP contribution >= 0.6 is 0 Å². The van der Waals surface area contributed by atoms with Crippen LogP contribution in [0.25, 0.3) is 0 Å². The highest BCUT2D eigenvalue weighted by Gasteiger charge is 2.20. The number of halogens is 1. The van der Waals surface area contributed by atoms with Crippen LogP contribution < -0.4 is 5.32 Å². The molecule has 1 aromatic rings. The first-order valence-electron chi connectivity index (χ1n) is 7.73. The van der Waals surface area contributed by atoms with Gasteiger partial charge < -0.3 is 5.32 Å². The van der Waals surface area contributed by atoms with Gasteiger partial charge in [-0.05, 0) is 55.5 Å². The third-order valence-electron chi connectivity index (χ3n) is 4.24. The lowest BCUT2D eigenvalue weighted by Crippen LogP contribution is -2.25. The number of rotatable bonds is 7. The molecular weight excluding hydrogens is 237 g/mol. The van der Waals surface area contributed by atoms with Crippen LogP contribution in [0, 0.1) is 17.7 Å². The molecule has 1 atom stereocenters. The van der Waals surface area contributed by atoms with Gasteiger partial charge in [-0.15, -0.1) is 0 Å². The van der Waals surface area contributed by atoms with Crippen LogP contribution in [0.1, 0.15) is 44.6 Å². The lowest BCUT2D eigenvalue weighted by Gasteiger charge is -2.21. The van der Waals surface area contributed by atoms with Crippen LogP contribution in [0.3, 0.4) is 0 Å². The normalized spacial score (nSPS) is 17.8. The van der Waals surface area contributed by atoms with Crippen molar-refractivity contribution in [1.29, 1.82) is 0 Å². The average Bonchev–Trinajstić information content (AvgIpc) is 2.89. The topological polar surface area (TPSA) is 12.0 Å². The van der Waals surface area contributed by atoms with E-state index in [1.54, 1.807) is 6.07 Å². The van der Waals surface area contributed by atoms with Crippen LogP contribution in [-0.2, 0) is 6.42 Å². The number of benzene rings is 1. The summed E-state index contributed by atoms with van der Waals surface area (Å²) >= 11 is 0. The molecule has 0 saturated heterocycles. The Hall–Kier alpha value is -0.890. The molecule has 2 rings (SSSR count). The van der Waals surface area contributed by atoms with Gasteiger partial charge in [-0.3, -0.25) is 0 Å². The lowest BCUT2D eigenvalue weighted by molar-refractivity contribution is 0.359. The molecule has 0 radical (unpaired) electrons. The highest BCUT2D eigenvalue weighted by molar-refractivity contribution is 5.17. The minimum absolute atomic E-state index is 0.111. The van der Waals surface area contributed by atoms with Gasteiger partial charge in [0.05, 0.1) is 0 Å². The Kier molecular flexibility index (Phi) is 5.84. The summed E-state index contributed by atoms with van der Waals surface area (Å²) in [6.07, 6.45) is 7.89. The van der Waals surface area contributed by atoms with E-state index in [0.29, 0.717) is 5.92 Å². The van der Waals surface area contributed by atoms with Crippen molar-refractivity contribution in [1.82, 2.24) is 5.32 Å². The molecule has 0 aromatic heterocycles. The first-order valence-corrected chi connectivity index (χ1v) is 7.73. The third-order valence-corrected chi connectivity index (χ3v) is 4.24. The van der Waals surface area contributed by atoms with E-state index < -0.39 is 0 Å². The summed E-state index contributed by atoms with van der Waals surface area (Å²) in [6.45, 7) is 4.22. The zero-order valence-corrected chi connectivity index (χ0v) is 12.0. The Balaban J connectivity index is 1.92. The minimum Gasteiger partial charge on any atom is -0.317 e. The van der Waals surface area contributed by atoms with Crippen LogP contribution in [0.5, 0.6) is 0 Å². The van der Waals surface area contributed by atoms with Crippen molar-refractivity contribution in [2.45, 2.75) is 45.4 Å². The van der Waals surface area contributed by atoms with Gasteiger partial charge in [0.1, 0.15) is 5.82 Å². The van der Waals surface area contributed by atoms with Gasteiger partial charge in [-0.25, -0.2) is 4.39 Å². The summed E-state index contributed by atoms with van der Waals surface area (Å²) in [5, 5.41) is 3.46. The number of hydrogen-bond donors (Lipinski definition) is 1. The van der Waals surface area contributed by atoms with Crippen molar-refractivity contribution < 1.29 is 4.39 Å². The Morgan fingerprint density at radius 2 is 2.11 bits per heavy atom. The molecule has 0 aliphatic heterocycles. The van der Waals surface area contributed by atoms with E-state index in [1.165, 1.54) is 38.2 Å². The summed E-state index contributed by atoms with van der Waals surface area (Å²) in [6, 6.07) is 7.09. The van der Waals surface area contributed by atoms with Crippen molar-refractivity contribution in [3.63, 3.8) is 0 Å². The number of hydrogen-bond acceptors (Lipinski definition) is 1. The zero-order valence-electron chi connectivity index (χ0n) is 12.0. The molecule has 1 saturated carbocycles. The second-order valence-corrected chi connectivity index (χ2v) is 5.89. The van der Waals surface area contributed by atoms with Gasteiger partial charge in [0.15, 0.2) is 0 Å². The highest BCUT2D eigenvalue weighted by Crippen LogP contribution is 2.31. The second-order valence-electron chi connectivity index (χ2n) is 5.89. The second kappa shape index (κ2) is 7.64. The molecule has 1 fully saturated rings. The standard InChI is InChI=1S/C17H26FN/c1-2-19-13-16(10-14-6-3-4-7-14)11-15-8-5-9-17(18)12-15/h5,8-9,12,14,16,19H,2-4,6-7,10-11,13H2,1H3. The minimum atomic E-state index is -0.111. The zero-order chi connectivity index (χ0) is 13.5. The molecule has 0 heterocycles. The van der Waals surface area contributed by atoms with E-state index in [1.807, 2.05) is 6.07 Å². The van der Waals surface area contributed by atoms with E-state index in [-0.39, 0.29) is 5.82 Å². The van der Waals surface area contributed by atoms with Crippen LogP contribution in [0.15, 0.2) is 24.3 Å². The summed E-state index contributed by atoms with van der Waals surface area (Å²) in [5.41, 5.74) is 1.14. The predicted molar refractivity (Wildman–Crippen MR) is 78.7 cm³/mol. The fraction of sp³-hybridized carbons (Fsp3) is 0.647. The molecule has 1 nitrogen and oxygen atoms in total. The van der Waals surface area contributed by atoms with Crippen molar-refractivity contribution in [2.24, 2.45) is 11.8 Å². The Labute approximate surface area is 116 Å². The Morgan fingerprint density at radius 1 is 1.32 bits per heavy atom. The molecule has 0 bridgehead atoms. The maximum Gasteiger partial charge on any atom is 0.123 e. The molecule has 2 heteroatoms. The fourth-order valence-corrected chi connectivity index (χ4v) is 3.30. The van der Waals surface area contributed by atoms with Crippen LogP contribution in [0.4, 0.5) is 4.39 Å². The molecule has 1 unspecified atom stereocenters. The quantitative estimate of drug-likeness (QED) is 0.778. The van der Waals surface area contributed by atoms with E-state index in [9.17, 15) is 4.39 Å². The molecular formula is C17H26FN. The van der Waals surface area contributed by atoms with Gasteiger partial charge in [-0.2, -0.15) is 0 Å². The molecule has 19 heavy (non-hydrogen) atoms. The van der Waals surface area contributed by atoms with E-state index in [2.05, 4.69) is 18.3 Å². The van der Waals surface area contributed by atoms with Gasteiger partial charge >= 0.3 is 0 Å². The van der Waals surface area contributed by atoms with Crippen molar-refractivity contribution in [2.75, 3.05) is 13.1 Å². The van der Waals surface area contributed by atoms with Gasteiger partial charge in [0.2, 0.25) is 0 Å². The van der Waals surface area contributed by atoms with Gasteiger partial charge in [-0.1, -0.05) is 44.7 Å². The van der Waals surface area contributed by atoms with E-state index in [4.69, 9.17) is 0 Å². The smallest absolute Gasteiger partial charge is 0.123 e. The largest absolute Gasteiger partial charge is 0.317 e. The first-order chi connectivity index (χ1) is 9.28. The van der Waals surface area contributed by atoms with Crippen molar-refractivity contribution in [3.8, 4) is 0 Å². The summed E-state index contributed by atoms with van der Waals surface area (Å²) < 4.78 is 13.3. The summed E-state index contributed by atoms with van der Waals surface area (Å²) in [5.74, 6) is 1.43. The molecule has 0 amide bonds. The average molecular weight is 263 g/mol. The summed E-state index contributed by atoms with van der Waals surface area (Å²) in [7, 11) is 0. The highest BCUT2D eigenvalue weighted by atomic mass is 19.1. The third kappa shape index (κ3) is 4.94. The van der Waals surface area contributed by atoms with E-state index in [0.717, 1.165) is 31.0 Å². The monoisotopic (exact) mass is 263 g/mol. The maximum absolute atomic E-state index is 13.3.